The topological polar surface area (TPSA) is 114 Å². The third kappa shape index (κ3) is 1.99. The molecule has 8 heteroatoms. The average molecular weight is 272 g/mol. The molecule has 1 heterocycles. The monoisotopic (exact) mass is 272 g/mol. The molecule has 2 N–H and O–H groups in total. The number of anilines is 2. The zero-order valence-electron chi connectivity index (χ0n) is 9.98. The molecule has 2 aromatic carbocycles. The number of hydrogen-bond acceptors (Lipinski definition) is 7. The summed E-state index contributed by atoms with van der Waals surface area (Å²) in [4.78, 5) is 10.3. The average Bonchev–Trinajstić information content (AvgIpc) is 2.91. The molecule has 20 heavy (non-hydrogen) atoms. The Morgan fingerprint density at radius 1 is 1.10 bits per heavy atom. The van der Waals surface area contributed by atoms with Crippen LogP contribution in [0.4, 0.5) is 17.1 Å². The summed E-state index contributed by atoms with van der Waals surface area (Å²) in [5.74, 6) is 0.146. The second-order valence-electron chi connectivity index (χ2n) is 4.02. The number of phenolic OH excluding ortho intramolecular Hbond substituents is 1. The van der Waals surface area contributed by atoms with E-state index in [2.05, 4.69) is 20.3 Å². The van der Waals surface area contributed by atoms with E-state index in [0.717, 1.165) is 0 Å². The second kappa shape index (κ2) is 4.50. The number of aromatic nitrogens is 2. The third-order valence-electron chi connectivity index (χ3n) is 2.74. The Hall–Kier alpha value is -3.16. The van der Waals surface area contributed by atoms with Crippen LogP contribution in [-0.4, -0.2) is 20.3 Å². The van der Waals surface area contributed by atoms with Crippen LogP contribution in [-0.2, 0) is 0 Å². The van der Waals surface area contributed by atoms with Gasteiger partial charge in [-0.2, -0.15) is 0 Å². The van der Waals surface area contributed by atoms with E-state index < -0.39 is 4.92 Å². The molecule has 3 aromatic rings. The molecule has 0 fully saturated rings. The predicted molar refractivity (Wildman–Crippen MR) is 69.8 cm³/mol. The smallest absolute Gasteiger partial charge is 0.300 e. The molecule has 0 aliphatic heterocycles. The van der Waals surface area contributed by atoms with Gasteiger partial charge in [0.2, 0.25) is 5.52 Å². The molecule has 0 bridgehead atoms. The first kappa shape index (κ1) is 11.9. The van der Waals surface area contributed by atoms with E-state index >= 15 is 0 Å². The normalized spacial score (nSPS) is 10.6. The van der Waals surface area contributed by atoms with E-state index in [9.17, 15) is 15.2 Å². The van der Waals surface area contributed by atoms with Gasteiger partial charge >= 0.3 is 5.69 Å². The fourth-order valence-corrected chi connectivity index (χ4v) is 1.80. The zero-order chi connectivity index (χ0) is 14.1. The summed E-state index contributed by atoms with van der Waals surface area (Å²) in [6.45, 7) is 0. The molecule has 0 amide bonds. The molecule has 0 aliphatic carbocycles. The Bertz CT molecular complexity index is 782. The highest BCUT2D eigenvalue weighted by atomic mass is 16.6. The molecule has 0 unspecified atom stereocenters. The number of nitro benzene ring substituents is 1. The molecule has 0 aliphatic rings. The van der Waals surface area contributed by atoms with Crippen LogP contribution in [0.2, 0.25) is 0 Å². The van der Waals surface area contributed by atoms with E-state index in [1.165, 1.54) is 24.3 Å². The number of rotatable bonds is 3. The van der Waals surface area contributed by atoms with E-state index in [1.54, 1.807) is 12.1 Å². The maximum atomic E-state index is 10.9. The van der Waals surface area contributed by atoms with Crippen LogP contribution in [0, 0.1) is 10.1 Å². The SMILES string of the molecule is O=[N+]([O-])c1ccc(Nc2ccc(O)cc2)c2nonc12. The van der Waals surface area contributed by atoms with Crippen LogP contribution in [0.1, 0.15) is 0 Å². The zero-order valence-corrected chi connectivity index (χ0v) is 9.98. The van der Waals surface area contributed by atoms with Crippen molar-refractivity contribution in [3.8, 4) is 5.75 Å². The summed E-state index contributed by atoms with van der Waals surface area (Å²) < 4.78 is 4.57. The lowest BCUT2D eigenvalue weighted by Crippen LogP contribution is -1.94. The molecule has 100 valence electrons. The molecule has 1 aromatic heterocycles. The van der Waals surface area contributed by atoms with E-state index in [4.69, 9.17) is 0 Å². The van der Waals surface area contributed by atoms with Crippen LogP contribution in [0.25, 0.3) is 11.0 Å². The Kier molecular flexibility index (Phi) is 2.68. The Morgan fingerprint density at radius 2 is 1.80 bits per heavy atom. The number of non-ortho nitro benzene ring substituents is 1. The highest BCUT2D eigenvalue weighted by Gasteiger charge is 2.19. The minimum atomic E-state index is -0.545. The number of hydrogen-bond donors (Lipinski definition) is 2. The summed E-state index contributed by atoms with van der Waals surface area (Å²) in [7, 11) is 0. The fraction of sp³-hybridized carbons (Fsp3) is 0. The largest absolute Gasteiger partial charge is 0.508 e. The van der Waals surface area contributed by atoms with Crippen molar-refractivity contribution in [2.45, 2.75) is 0 Å². The number of aromatic hydroxyl groups is 1. The standard InChI is InChI=1S/C12H8N4O4/c17-8-3-1-7(2-4-8)13-9-5-6-10(16(18)19)12-11(9)14-20-15-12/h1-6,13,17H. The lowest BCUT2D eigenvalue weighted by Gasteiger charge is -2.06. The third-order valence-corrected chi connectivity index (χ3v) is 2.74. The van der Waals surface area contributed by atoms with Crippen molar-refractivity contribution in [3.05, 3.63) is 46.5 Å². The number of benzene rings is 2. The van der Waals surface area contributed by atoms with Gasteiger partial charge in [0, 0.05) is 11.8 Å². The quantitative estimate of drug-likeness (QED) is 0.427. The first-order valence-corrected chi connectivity index (χ1v) is 5.61. The summed E-state index contributed by atoms with van der Waals surface area (Å²) in [6.07, 6.45) is 0. The molecule has 8 nitrogen and oxygen atoms in total. The van der Waals surface area contributed by atoms with Gasteiger partial charge in [0.25, 0.3) is 0 Å². The number of nitro groups is 1. The lowest BCUT2D eigenvalue weighted by atomic mass is 10.2. The molecule has 0 saturated heterocycles. The minimum absolute atomic E-state index is 0.0822. The highest BCUT2D eigenvalue weighted by Crippen LogP contribution is 2.30. The lowest BCUT2D eigenvalue weighted by molar-refractivity contribution is -0.383. The molecule has 0 saturated carbocycles. The van der Waals surface area contributed by atoms with E-state index in [1.807, 2.05) is 0 Å². The van der Waals surface area contributed by atoms with Crippen LogP contribution >= 0.6 is 0 Å². The first-order valence-electron chi connectivity index (χ1n) is 5.61. The first-order chi connectivity index (χ1) is 9.65. The van der Waals surface area contributed by atoms with Gasteiger partial charge in [-0.3, -0.25) is 10.1 Å². The highest BCUT2D eigenvalue weighted by molar-refractivity contribution is 5.94. The van der Waals surface area contributed by atoms with Crippen molar-refractivity contribution in [3.63, 3.8) is 0 Å². The van der Waals surface area contributed by atoms with Crippen molar-refractivity contribution in [2.24, 2.45) is 0 Å². The van der Waals surface area contributed by atoms with Gasteiger partial charge in [-0.1, -0.05) is 0 Å². The van der Waals surface area contributed by atoms with Gasteiger partial charge in [-0.15, -0.1) is 0 Å². The number of nitrogens with one attached hydrogen (secondary N) is 1. The summed E-state index contributed by atoms with van der Waals surface area (Å²) >= 11 is 0. The van der Waals surface area contributed by atoms with Gasteiger partial charge in [0.15, 0.2) is 5.52 Å². The van der Waals surface area contributed by atoms with E-state index in [0.29, 0.717) is 11.4 Å². The predicted octanol–water partition coefficient (Wildman–Crippen LogP) is 2.58. The van der Waals surface area contributed by atoms with Gasteiger partial charge in [-0.05, 0) is 40.6 Å². The van der Waals surface area contributed by atoms with Gasteiger partial charge in [0.1, 0.15) is 5.75 Å². The van der Waals surface area contributed by atoms with Gasteiger partial charge in [0.05, 0.1) is 10.6 Å². The van der Waals surface area contributed by atoms with Crippen molar-refractivity contribution in [1.29, 1.82) is 0 Å². The van der Waals surface area contributed by atoms with Crippen LogP contribution in [0.3, 0.4) is 0 Å². The molecular weight excluding hydrogens is 264 g/mol. The van der Waals surface area contributed by atoms with E-state index in [-0.39, 0.29) is 22.5 Å². The summed E-state index contributed by atoms with van der Waals surface area (Å²) in [5, 5.41) is 30.3. The molecule has 3 rings (SSSR count). The number of phenols is 1. The van der Waals surface area contributed by atoms with Crippen LogP contribution in [0.5, 0.6) is 5.75 Å². The Morgan fingerprint density at radius 3 is 2.50 bits per heavy atom. The van der Waals surface area contributed by atoms with Gasteiger partial charge in [-0.25, -0.2) is 4.63 Å². The van der Waals surface area contributed by atoms with Crippen LogP contribution < -0.4 is 5.32 Å². The van der Waals surface area contributed by atoms with Crippen LogP contribution in [0.15, 0.2) is 41.0 Å². The number of nitrogens with zero attached hydrogens (tertiary/aromatic N) is 3. The molecule has 0 radical (unpaired) electrons. The Balaban J connectivity index is 2.04. The Labute approximate surface area is 111 Å². The molecule has 0 spiro atoms. The minimum Gasteiger partial charge on any atom is -0.508 e. The van der Waals surface area contributed by atoms with Crippen molar-refractivity contribution >= 4 is 28.1 Å². The van der Waals surface area contributed by atoms with Crippen molar-refractivity contribution in [1.82, 2.24) is 10.3 Å². The summed E-state index contributed by atoms with van der Waals surface area (Å²) in [5.41, 5.74) is 1.40. The maximum Gasteiger partial charge on any atom is 0.300 e. The summed E-state index contributed by atoms with van der Waals surface area (Å²) in [6, 6.07) is 9.22. The van der Waals surface area contributed by atoms with Crippen molar-refractivity contribution in [2.75, 3.05) is 5.32 Å². The van der Waals surface area contributed by atoms with Crippen molar-refractivity contribution < 1.29 is 14.7 Å². The molecular formula is C12H8N4O4. The van der Waals surface area contributed by atoms with Gasteiger partial charge < -0.3 is 10.4 Å². The maximum absolute atomic E-state index is 10.9. The molecule has 0 atom stereocenters. The second-order valence-corrected chi connectivity index (χ2v) is 4.02. The fourth-order valence-electron chi connectivity index (χ4n) is 1.80. The number of fused-ring (bicyclic) bond motifs is 1.